The van der Waals surface area contributed by atoms with Crippen molar-refractivity contribution in [1.29, 1.82) is 0 Å². The number of methoxy groups -OCH3 is 1. The molecule has 2 aromatic rings. The van der Waals surface area contributed by atoms with Crippen molar-refractivity contribution < 1.29 is 14.2 Å². The molecular weight excluding hydrogens is 309 g/mol. The summed E-state index contributed by atoms with van der Waals surface area (Å²) >= 11 is 6.19. The normalized spacial score (nSPS) is 21.2. The Balaban J connectivity index is 2.01. The maximum atomic E-state index is 13.5. The van der Waals surface area contributed by atoms with E-state index in [-0.39, 0.29) is 17.9 Å². The highest BCUT2D eigenvalue weighted by atomic mass is 35.5. The van der Waals surface area contributed by atoms with Crippen molar-refractivity contribution in [1.82, 2.24) is 9.97 Å². The number of benzene rings is 1. The van der Waals surface area contributed by atoms with Crippen molar-refractivity contribution in [3.63, 3.8) is 0 Å². The number of aliphatic hydroxyl groups excluding tert-OH is 1. The Hall–Kier alpha value is -1.92. The third kappa shape index (κ3) is 2.84. The second kappa shape index (κ2) is 6.06. The molecule has 0 bridgehead atoms. The Morgan fingerprint density at radius 1 is 1.45 bits per heavy atom. The van der Waals surface area contributed by atoms with Crippen molar-refractivity contribution >= 4 is 17.4 Å². The van der Waals surface area contributed by atoms with E-state index < -0.39 is 6.10 Å². The lowest BCUT2D eigenvalue weighted by molar-refractivity contribution is 0.194. The van der Waals surface area contributed by atoms with Crippen LogP contribution in [0.3, 0.4) is 0 Å². The van der Waals surface area contributed by atoms with Crippen LogP contribution in [0.25, 0.3) is 0 Å². The number of anilines is 1. The van der Waals surface area contributed by atoms with E-state index in [9.17, 15) is 9.50 Å². The molecule has 116 valence electrons. The molecule has 1 aliphatic rings. The predicted octanol–water partition coefficient (Wildman–Crippen LogP) is 2.59. The summed E-state index contributed by atoms with van der Waals surface area (Å²) in [4.78, 5) is 10.1. The second-order valence-corrected chi connectivity index (χ2v) is 5.55. The van der Waals surface area contributed by atoms with E-state index in [1.165, 1.54) is 25.4 Å². The molecule has 0 saturated carbocycles. The topological polar surface area (TPSA) is 58.5 Å². The van der Waals surface area contributed by atoms with Gasteiger partial charge in [-0.3, -0.25) is 0 Å². The van der Waals surface area contributed by atoms with Crippen molar-refractivity contribution in [3.05, 3.63) is 46.9 Å². The zero-order valence-electron chi connectivity index (χ0n) is 11.9. The third-order valence-electron chi connectivity index (χ3n) is 3.67. The van der Waals surface area contributed by atoms with Crippen LogP contribution in [0, 0.1) is 5.82 Å². The van der Waals surface area contributed by atoms with E-state index in [0.717, 1.165) is 5.56 Å². The number of hydrogen-bond acceptors (Lipinski definition) is 5. The lowest BCUT2D eigenvalue weighted by atomic mass is 10.0. The molecule has 1 saturated heterocycles. The molecule has 1 N–H and O–H groups in total. The van der Waals surface area contributed by atoms with Gasteiger partial charge >= 0.3 is 6.01 Å². The first-order valence-corrected chi connectivity index (χ1v) is 7.23. The van der Waals surface area contributed by atoms with Gasteiger partial charge in [0.2, 0.25) is 0 Å². The molecule has 1 aromatic heterocycles. The standard InChI is InChI=1S/C15H15ClFN3O2/c1-22-15-18-7-12(16)14(19-15)20-8-11(21)6-13(20)9-3-2-4-10(17)5-9/h2-5,7,11,13,21H,6,8H2,1H3/t11-,13+/m0/s1. The van der Waals surface area contributed by atoms with Crippen LogP contribution >= 0.6 is 11.6 Å². The van der Waals surface area contributed by atoms with E-state index in [4.69, 9.17) is 16.3 Å². The third-order valence-corrected chi connectivity index (χ3v) is 3.94. The first-order valence-electron chi connectivity index (χ1n) is 6.85. The average Bonchev–Trinajstić information content (AvgIpc) is 2.89. The van der Waals surface area contributed by atoms with Crippen LogP contribution < -0.4 is 9.64 Å². The highest BCUT2D eigenvalue weighted by molar-refractivity contribution is 6.32. The molecule has 1 aromatic carbocycles. The number of hydrogen-bond donors (Lipinski definition) is 1. The van der Waals surface area contributed by atoms with Crippen LogP contribution in [0.1, 0.15) is 18.0 Å². The zero-order valence-corrected chi connectivity index (χ0v) is 12.7. The average molecular weight is 324 g/mol. The minimum atomic E-state index is -0.537. The summed E-state index contributed by atoms with van der Waals surface area (Å²) in [6.07, 6.45) is 1.40. The Morgan fingerprint density at radius 2 is 2.27 bits per heavy atom. The molecule has 3 rings (SSSR count). The fraction of sp³-hybridized carbons (Fsp3) is 0.333. The number of rotatable bonds is 3. The van der Waals surface area contributed by atoms with Crippen LogP contribution in [0.4, 0.5) is 10.2 Å². The van der Waals surface area contributed by atoms with E-state index in [1.807, 2.05) is 11.0 Å². The molecule has 1 fully saturated rings. The van der Waals surface area contributed by atoms with Crippen LogP contribution in [0.15, 0.2) is 30.5 Å². The minimum absolute atomic E-state index is 0.193. The first kappa shape index (κ1) is 15.0. The van der Waals surface area contributed by atoms with E-state index >= 15 is 0 Å². The molecule has 7 heteroatoms. The molecule has 0 spiro atoms. The molecule has 0 aliphatic carbocycles. The minimum Gasteiger partial charge on any atom is -0.467 e. The van der Waals surface area contributed by atoms with Crippen LogP contribution in [-0.2, 0) is 0 Å². The summed E-state index contributed by atoms with van der Waals surface area (Å²) in [6.45, 7) is 0.362. The summed E-state index contributed by atoms with van der Waals surface area (Å²) in [5.74, 6) is 0.157. The predicted molar refractivity (Wildman–Crippen MR) is 80.7 cm³/mol. The zero-order chi connectivity index (χ0) is 15.7. The number of β-amino-alcohol motifs (C(OH)–C–C–N with tert-alkyl or cyclic N) is 1. The highest BCUT2D eigenvalue weighted by Gasteiger charge is 2.34. The van der Waals surface area contributed by atoms with Gasteiger partial charge in [-0.05, 0) is 24.1 Å². The van der Waals surface area contributed by atoms with Gasteiger partial charge in [0.1, 0.15) is 10.8 Å². The van der Waals surface area contributed by atoms with E-state index in [0.29, 0.717) is 23.8 Å². The summed E-state index contributed by atoms with van der Waals surface area (Å²) in [6, 6.07) is 6.31. The Labute approximate surface area is 132 Å². The summed E-state index contributed by atoms with van der Waals surface area (Å²) in [5, 5.41) is 10.4. The van der Waals surface area contributed by atoms with E-state index in [2.05, 4.69) is 9.97 Å². The Kier molecular flexibility index (Phi) is 4.13. The smallest absolute Gasteiger partial charge is 0.318 e. The molecule has 22 heavy (non-hydrogen) atoms. The Morgan fingerprint density at radius 3 is 3.00 bits per heavy atom. The van der Waals surface area contributed by atoms with Gasteiger partial charge in [-0.25, -0.2) is 9.37 Å². The lowest BCUT2D eigenvalue weighted by Gasteiger charge is -2.26. The monoisotopic (exact) mass is 323 g/mol. The number of nitrogens with zero attached hydrogens (tertiary/aromatic N) is 3. The maximum Gasteiger partial charge on any atom is 0.318 e. The van der Waals surface area contributed by atoms with Gasteiger partial charge < -0.3 is 14.7 Å². The molecule has 2 heterocycles. The number of aliphatic hydroxyl groups is 1. The number of ether oxygens (including phenoxy) is 1. The molecular formula is C15H15ClFN3O2. The maximum absolute atomic E-state index is 13.5. The molecule has 0 amide bonds. The quantitative estimate of drug-likeness (QED) is 0.941. The van der Waals surface area contributed by atoms with Crippen molar-refractivity contribution in [3.8, 4) is 6.01 Å². The van der Waals surface area contributed by atoms with Gasteiger partial charge in [0, 0.05) is 6.54 Å². The molecule has 2 atom stereocenters. The number of aromatic nitrogens is 2. The van der Waals surface area contributed by atoms with Gasteiger partial charge in [-0.15, -0.1) is 0 Å². The van der Waals surface area contributed by atoms with Crippen molar-refractivity contribution in [2.75, 3.05) is 18.6 Å². The molecule has 5 nitrogen and oxygen atoms in total. The number of halogens is 2. The van der Waals surface area contributed by atoms with Crippen LogP contribution in [0.5, 0.6) is 6.01 Å². The largest absolute Gasteiger partial charge is 0.467 e. The van der Waals surface area contributed by atoms with Gasteiger partial charge in [-0.1, -0.05) is 23.7 Å². The van der Waals surface area contributed by atoms with Gasteiger partial charge in [0.15, 0.2) is 5.82 Å². The molecule has 0 radical (unpaired) electrons. The summed E-state index contributed by atoms with van der Waals surface area (Å²) in [5.41, 5.74) is 0.769. The summed E-state index contributed by atoms with van der Waals surface area (Å²) < 4.78 is 18.5. The van der Waals surface area contributed by atoms with Gasteiger partial charge in [-0.2, -0.15) is 4.98 Å². The van der Waals surface area contributed by atoms with Gasteiger partial charge in [0.05, 0.1) is 25.5 Å². The molecule has 1 aliphatic heterocycles. The van der Waals surface area contributed by atoms with Gasteiger partial charge in [0.25, 0.3) is 0 Å². The summed E-state index contributed by atoms with van der Waals surface area (Å²) in [7, 11) is 1.47. The highest BCUT2D eigenvalue weighted by Crippen LogP contribution is 2.38. The van der Waals surface area contributed by atoms with E-state index in [1.54, 1.807) is 6.07 Å². The fourth-order valence-corrected chi connectivity index (χ4v) is 2.92. The SMILES string of the molecule is COc1ncc(Cl)c(N2C[C@@H](O)C[C@@H]2c2cccc(F)c2)n1. The molecule has 0 unspecified atom stereocenters. The van der Waals surface area contributed by atoms with Crippen LogP contribution in [0.2, 0.25) is 5.02 Å². The van der Waals surface area contributed by atoms with Crippen LogP contribution in [-0.4, -0.2) is 34.8 Å². The first-order chi connectivity index (χ1) is 10.6. The lowest BCUT2D eigenvalue weighted by Crippen LogP contribution is -2.25. The van der Waals surface area contributed by atoms with Crippen molar-refractivity contribution in [2.45, 2.75) is 18.6 Å². The fourth-order valence-electron chi connectivity index (χ4n) is 2.72. The second-order valence-electron chi connectivity index (χ2n) is 5.14. The Bertz CT molecular complexity index is 686. The van der Waals surface area contributed by atoms with Crippen molar-refractivity contribution in [2.24, 2.45) is 0 Å².